The summed E-state index contributed by atoms with van der Waals surface area (Å²) in [5, 5.41) is 12.3. The van der Waals surface area contributed by atoms with E-state index in [2.05, 4.69) is 12.2 Å². The summed E-state index contributed by atoms with van der Waals surface area (Å²) in [4.78, 5) is 11.4. The smallest absolute Gasteiger partial charge is 0.251 e. The Morgan fingerprint density at radius 2 is 2.07 bits per heavy atom. The molecule has 3 nitrogen and oxygen atoms in total. The lowest BCUT2D eigenvalue weighted by molar-refractivity contribution is -0.137. The minimum Gasteiger partial charge on any atom is -0.381 e. The summed E-state index contributed by atoms with van der Waals surface area (Å²) in [7, 11) is 0. The highest BCUT2D eigenvalue weighted by atomic mass is 16.3. The quantitative estimate of drug-likeness (QED) is 0.720. The van der Waals surface area contributed by atoms with Crippen LogP contribution in [0.1, 0.15) is 46.5 Å². The Morgan fingerprint density at radius 1 is 1.50 bits per heavy atom. The van der Waals surface area contributed by atoms with Gasteiger partial charge >= 0.3 is 0 Å². The van der Waals surface area contributed by atoms with Gasteiger partial charge in [0.25, 0.3) is 5.91 Å². The summed E-state index contributed by atoms with van der Waals surface area (Å²) in [5.74, 6) is -0.266. The Hall–Kier alpha value is -0.570. The van der Waals surface area contributed by atoms with Crippen LogP contribution in [-0.4, -0.2) is 23.2 Å². The molecule has 0 aliphatic heterocycles. The Morgan fingerprint density at radius 3 is 2.36 bits per heavy atom. The van der Waals surface area contributed by atoms with Crippen LogP contribution < -0.4 is 5.32 Å². The summed E-state index contributed by atoms with van der Waals surface area (Å²) in [6, 6.07) is 0. The molecule has 82 valence electrons. The molecule has 0 bridgehead atoms. The largest absolute Gasteiger partial charge is 0.381 e. The van der Waals surface area contributed by atoms with Crippen LogP contribution in [-0.2, 0) is 4.79 Å². The average molecular weight is 199 g/mol. The minimum atomic E-state index is -1.25. The molecule has 1 amide bonds. The number of rotatable bonds is 4. The van der Waals surface area contributed by atoms with E-state index in [9.17, 15) is 9.90 Å². The molecule has 1 saturated carbocycles. The molecule has 0 aromatic rings. The summed E-state index contributed by atoms with van der Waals surface area (Å²) >= 11 is 0. The lowest BCUT2D eigenvalue weighted by atomic mass is 9.67. The fraction of sp³-hybridized carbons (Fsp3) is 0.909. The lowest BCUT2D eigenvalue weighted by Gasteiger charge is -2.41. The maximum Gasteiger partial charge on any atom is 0.251 e. The first-order valence-corrected chi connectivity index (χ1v) is 5.40. The number of carbonyl (C=O) groups excluding carboxylic acids is 1. The van der Waals surface area contributed by atoms with Crippen molar-refractivity contribution >= 4 is 5.91 Å². The van der Waals surface area contributed by atoms with Gasteiger partial charge in [-0.05, 0) is 38.5 Å². The normalized spacial score (nSPS) is 20.0. The second kappa shape index (κ2) is 3.89. The predicted molar refractivity (Wildman–Crippen MR) is 55.9 cm³/mol. The molecule has 0 aromatic heterocycles. The molecule has 0 unspecified atom stereocenters. The van der Waals surface area contributed by atoms with Crippen molar-refractivity contribution in [3.8, 4) is 0 Å². The third-order valence-corrected chi connectivity index (χ3v) is 3.34. The fourth-order valence-corrected chi connectivity index (χ4v) is 1.82. The van der Waals surface area contributed by atoms with E-state index in [1.807, 2.05) is 0 Å². The van der Waals surface area contributed by atoms with Crippen molar-refractivity contribution in [2.45, 2.75) is 52.1 Å². The van der Waals surface area contributed by atoms with Crippen LogP contribution >= 0.6 is 0 Å². The third kappa shape index (κ3) is 2.47. The van der Waals surface area contributed by atoms with Crippen molar-refractivity contribution in [3.63, 3.8) is 0 Å². The highest BCUT2D eigenvalue weighted by molar-refractivity contribution is 5.83. The number of amides is 1. The van der Waals surface area contributed by atoms with Gasteiger partial charge in [0.2, 0.25) is 0 Å². The monoisotopic (exact) mass is 199 g/mol. The zero-order valence-electron chi connectivity index (χ0n) is 9.39. The number of hydrogen-bond acceptors (Lipinski definition) is 2. The summed E-state index contributed by atoms with van der Waals surface area (Å²) in [6.45, 7) is 5.91. The summed E-state index contributed by atoms with van der Waals surface area (Å²) in [6.07, 6.45) is 4.79. The fourth-order valence-electron chi connectivity index (χ4n) is 1.82. The van der Waals surface area contributed by atoms with E-state index < -0.39 is 5.60 Å². The standard InChI is InChI=1S/C11H21NO2/c1-4-11(6-5-7-11)8-12-9(13)10(2,3)14/h14H,4-8H2,1-3H3,(H,12,13). The molecule has 0 saturated heterocycles. The van der Waals surface area contributed by atoms with E-state index in [4.69, 9.17) is 0 Å². The third-order valence-electron chi connectivity index (χ3n) is 3.34. The second-order valence-corrected chi connectivity index (χ2v) is 4.95. The molecule has 0 atom stereocenters. The molecule has 1 fully saturated rings. The SMILES string of the molecule is CCC1(CNC(=O)C(C)(C)O)CCC1. The number of aliphatic hydroxyl groups is 1. The molecular weight excluding hydrogens is 178 g/mol. The highest BCUT2D eigenvalue weighted by Crippen LogP contribution is 2.43. The highest BCUT2D eigenvalue weighted by Gasteiger charge is 2.36. The van der Waals surface area contributed by atoms with Crippen LogP contribution in [0.5, 0.6) is 0 Å². The van der Waals surface area contributed by atoms with E-state index in [1.54, 1.807) is 0 Å². The molecule has 0 radical (unpaired) electrons. The van der Waals surface area contributed by atoms with Crippen LogP contribution in [0, 0.1) is 5.41 Å². The van der Waals surface area contributed by atoms with E-state index in [1.165, 1.54) is 33.1 Å². The van der Waals surface area contributed by atoms with Crippen molar-refractivity contribution in [1.29, 1.82) is 0 Å². The predicted octanol–water partition coefficient (Wildman–Crippen LogP) is 1.45. The van der Waals surface area contributed by atoms with Crippen molar-refractivity contribution in [2.75, 3.05) is 6.54 Å². The number of carbonyl (C=O) groups is 1. The Labute approximate surface area is 85.9 Å². The molecule has 1 aliphatic carbocycles. The van der Waals surface area contributed by atoms with Crippen molar-refractivity contribution in [2.24, 2.45) is 5.41 Å². The average Bonchev–Trinajstić information content (AvgIpc) is 2.01. The van der Waals surface area contributed by atoms with E-state index >= 15 is 0 Å². The van der Waals surface area contributed by atoms with Gasteiger partial charge in [-0.2, -0.15) is 0 Å². The van der Waals surface area contributed by atoms with Gasteiger partial charge in [-0.25, -0.2) is 0 Å². The van der Waals surface area contributed by atoms with Crippen LogP contribution in [0.15, 0.2) is 0 Å². The number of nitrogens with one attached hydrogen (secondary N) is 1. The summed E-state index contributed by atoms with van der Waals surface area (Å²) < 4.78 is 0. The first-order chi connectivity index (χ1) is 6.40. The Balaban J connectivity index is 2.36. The zero-order valence-corrected chi connectivity index (χ0v) is 9.39. The van der Waals surface area contributed by atoms with Crippen molar-refractivity contribution in [3.05, 3.63) is 0 Å². The molecule has 1 aliphatic rings. The van der Waals surface area contributed by atoms with Crippen LogP contribution in [0.4, 0.5) is 0 Å². The van der Waals surface area contributed by atoms with Crippen LogP contribution in [0.2, 0.25) is 0 Å². The van der Waals surface area contributed by atoms with Crippen molar-refractivity contribution in [1.82, 2.24) is 5.32 Å². The first-order valence-electron chi connectivity index (χ1n) is 5.40. The van der Waals surface area contributed by atoms with E-state index in [-0.39, 0.29) is 5.91 Å². The van der Waals surface area contributed by atoms with Gasteiger partial charge in [-0.15, -0.1) is 0 Å². The molecule has 14 heavy (non-hydrogen) atoms. The van der Waals surface area contributed by atoms with Crippen LogP contribution in [0.3, 0.4) is 0 Å². The molecular formula is C11H21NO2. The lowest BCUT2D eigenvalue weighted by Crippen LogP contribution is -2.48. The second-order valence-electron chi connectivity index (χ2n) is 4.95. The van der Waals surface area contributed by atoms with E-state index in [0.29, 0.717) is 12.0 Å². The van der Waals surface area contributed by atoms with Gasteiger partial charge in [-0.1, -0.05) is 13.3 Å². The van der Waals surface area contributed by atoms with Gasteiger partial charge in [0.05, 0.1) is 0 Å². The van der Waals surface area contributed by atoms with Gasteiger partial charge in [0.1, 0.15) is 5.60 Å². The maximum atomic E-state index is 11.4. The minimum absolute atomic E-state index is 0.266. The van der Waals surface area contributed by atoms with Gasteiger partial charge in [0.15, 0.2) is 0 Å². The van der Waals surface area contributed by atoms with Crippen molar-refractivity contribution < 1.29 is 9.90 Å². The molecule has 0 aromatic carbocycles. The Bertz CT molecular complexity index is 208. The Kier molecular flexibility index (Phi) is 3.20. The van der Waals surface area contributed by atoms with Gasteiger partial charge in [0, 0.05) is 6.54 Å². The molecule has 0 spiro atoms. The molecule has 2 N–H and O–H groups in total. The molecule has 3 heteroatoms. The van der Waals surface area contributed by atoms with E-state index in [0.717, 1.165) is 6.42 Å². The number of hydrogen-bond donors (Lipinski definition) is 2. The topological polar surface area (TPSA) is 49.3 Å². The zero-order chi connectivity index (χ0) is 10.8. The maximum absolute atomic E-state index is 11.4. The summed E-state index contributed by atoms with van der Waals surface area (Å²) in [5.41, 5.74) is -0.931. The first kappa shape index (κ1) is 11.5. The molecule has 1 rings (SSSR count). The van der Waals surface area contributed by atoms with Gasteiger partial charge in [-0.3, -0.25) is 4.79 Å². The van der Waals surface area contributed by atoms with Gasteiger partial charge < -0.3 is 10.4 Å². The van der Waals surface area contributed by atoms with Crippen LogP contribution in [0.25, 0.3) is 0 Å². The molecule has 0 heterocycles.